The molecule has 1 aliphatic rings. The molecular weight excluding hydrogens is 258 g/mol. The molecule has 1 aliphatic heterocycles. The Morgan fingerprint density at radius 2 is 2.15 bits per heavy atom. The van der Waals surface area contributed by atoms with Crippen LogP contribution >= 0.6 is 0 Å². The van der Waals surface area contributed by atoms with Crippen molar-refractivity contribution in [3.05, 3.63) is 11.8 Å². The summed E-state index contributed by atoms with van der Waals surface area (Å²) in [7, 11) is 0. The van der Waals surface area contributed by atoms with Crippen molar-refractivity contribution in [3.63, 3.8) is 0 Å². The average molecular weight is 279 g/mol. The predicted octanol–water partition coefficient (Wildman–Crippen LogP) is 0.398. The Hall–Kier alpha value is -2.00. The summed E-state index contributed by atoms with van der Waals surface area (Å²) in [6.45, 7) is 7.53. The van der Waals surface area contributed by atoms with Crippen molar-refractivity contribution >= 4 is 11.9 Å². The van der Waals surface area contributed by atoms with Gasteiger partial charge < -0.3 is 15.7 Å². The number of aliphatic hydroxyl groups excluding tert-OH is 1. The van der Waals surface area contributed by atoms with Crippen molar-refractivity contribution in [3.8, 4) is 11.8 Å². The first-order valence-electron chi connectivity index (χ1n) is 6.58. The lowest BCUT2D eigenvalue weighted by Gasteiger charge is -2.30. The van der Waals surface area contributed by atoms with Gasteiger partial charge in [-0.3, -0.25) is 9.69 Å². The summed E-state index contributed by atoms with van der Waals surface area (Å²) >= 11 is 0. The number of hydrogen-bond donors (Lipinski definition) is 3. The third-order valence-corrected chi connectivity index (χ3v) is 2.73. The molecule has 1 rings (SSSR count). The monoisotopic (exact) mass is 279 g/mol. The minimum absolute atomic E-state index is 0.0278. The second kappa shape index (κ2) is 6.96. The first-order chi connectivity index (χ1) is 9.32. The first kappa shape index (κ1) is 16.1. The molecule has 20 heavy (non-hydrogen) atoms. The second-order valence-corrected chi connectivity index (χ2v) is 5.11. The van der Waals surface area contributed by atoms with Crippen molar-refractivity contribution in [2.45, 2.75) is 40.0 Å². The number of amides is 3. The van der Waals surface area contributed by atoms with Gasteiger partial charge in [0.15, 0.2) is 6.23 Å². The highest BCUT2D eigenvalue weighted by atomic mass is 16.3. The summed E-state index contributed by atoms with van der Waals surface area (Å²) in [4.78, 5) is 24.4. The van der Waals surface area contributed by atoms with E-state index in [0.717, 1.165) is 0 Å². The molecule has 0 saturated carbocycles. The summed E-state index contributed by atoms with van der Waals surface area (Å²) in [5, 5.41) is 14.8. The van der Waals surface area contributed by atoms with E-state index in [4.69, 9.17) is 0 Å². The number of aliphatic hydroxyl groups is 1. The van der Waals surface area contributed by atoms with Gasteiger partial charge in [0.05, 0.1) is 12.1 Å². The van der Waals surface area contributed by atoms with Gasteiger partial charge in [-0.25, -0.2) is 4.79 Å². The Morgan fingerprint density at radius 1 is 1.50 bits per heavy atom. The Labute approximate surface area is 119 Å². The van der Waals surface area contributed by atoms with Gasteiger partial charge in [0.1, 0.15) is 0 Å². The molecule has 0 bridgehead atoms. The lowest BCUT2D eigenvalue weighted by Crippen LogP contribution is -2.50. The Kier molecular flexibility index (Phi) is 5.59. The number of nitrogens with one attached hydrogen (secondary N) is 2. The summed E-state index contributed by atoms with van der Waals surface area (Å²) in [6.07, 6.45) is 0.427. The van der Waals surface area contributed by atoms with Gasteiger partial charge in [0.2, 0.25) is 5.91 Å². The molecular formula is C14H21N3O3. The molecule has 0 aromatic heterocycles. The highest BCUT2D eigenvalue weighted by Crippen LogP contribution is 2.11. The van der Waals surface area contributed by atoms with Crippen LogP contribution in [0.1, 0.15) is 27.7 Å². The number of urea groups is 1. The molecule has 1 heterocycles. The maximum Gasteiger partial charge on any atom is 0.323 e. The fourth-order valence-electron chi connectivity index (χ4n) is 1.51. The summed E-state index contributed by atoms with van der Waals surface area (Å²) in [6, 6.07) is -0.383. The minimum Gasteiger partial charge on any atom is -0.369 e. The van der Waals surface area contributed by atoms with Crippen LogP contribution in [0.3, 0.4) is 0 Å². The van der Waals surface area contributed by atoms with Crippen molar-refractivity contribution in [2.75, 3.05) is 6.54 Å². The van der Waals surface area contributed by atoms with E-state index in [0.29, 0.717) is 5.57 Å². The molecule has 110 valence electrons. The summed E-state index contributed by atoms with van der Waals surface area (Å²) in [5.41, 5.74) is 0.400. The number of hydrogen-bond acceptors (Lipinski definition) is 3. The van der Waals surface area contributed by atoms with Crippen molar-refractivity contribution in [1.82, 2.24) is 15.5 Å². The fraction of sp³-hybridized carbons (Fsp3) is 0.571. The molecule has 0 saturated heterocycles. The molecule has 3 N–H and O–H groups in total. The van der Waals surface area contributed by atoms with Gasteiger partial charge in [-0.05, 0) is 13.8 Å². The molecule has 3 amide bonds. The summed E-state index contributed by atoms with van der Waals surface area (Å²) < 4.78 is 0. The van der Waals surface area contributed by atoms with Crippen LogP contribution in [0, 0.1) is 17.8 Å². The smallest absolute Gasteiger partial charge is 0.323 e. The average Bonchev–Trinajstić information content (AvgIpc) is 2.35. The Morgan fingerprint density at radius 3 is 2.70 bits per heavy atom. The quantitative estimate of drug-likeness (QED) is 0.654. The number of nitrogens with zero attached hydrogens (tertiary/aromatic N) is 1. The largest absolute Gasteiger partial charge is 0.369 e. The number of carbonyl (C=O) groups excluding carboxylic acids is 2. The Balaban J connectivity index is 2.68. The van der Waals surface area contributed by atoms with Crippen LogP contribution in [0.25, 0.3) is 0 Å². The molecule has 0 aromatic rings. The number of carbonyl (C=O) groups is 2. The van der Waals surface area contributed by atoms with E-state index in [2.05, 4.69) is 22.5 Å². The van der Waals surface area contributed by atoms with E-state index in [1.807, 2.05) is 13.8 Å². The molecule has 0 aromatic carbocycles. The second-order valence-electron chi connectivity index (χ2n) is 5.11. The number of rotatable bonds is 3. The zero-order valence-electron chi connectivity index (χ0n) is 12.2. The molecule has 0 radical (unpaired) electrons. The van der Waals surface area contributed by atoms with Crippen LogP contribution in [-0.4, -0.2) is 40.8 Å². The maximum atomic E-state index is 11.6. The topological polar surface area (TPSA) is 81.7 Å². The van der Waals surface area contributed by atoms with Crippen molar-refractivity contribution < 1.29 is 14.7 Å². The molecule has 0 aliphatic carbocycles. The lowest BCUT2D eigenvalue weighted by molar-refractivity contribution is -0.123. The highest BCUT2D eigenvalue weighted by Gasteiger charge is 2.25. The highest BCUT2D eigenvalue weighted by molar-refractivity contribution is 5.79. The Bertz CT molecular complexity index is 472. The van der Waals surface area contributed by atoms with E-state index < -0.39 is 6.23 Å². The SMILES string of the molecule is CC(C)C(=O)NCC#CC1=CN(C(C)C)C(=O)NC1O. The van der Waals surface area contributed by atoms with Crippen molar-refractivity contribution in [2.24, 2.45) is 5.92 Å². The molecule has 1 atom stereocenters. The first-order valence-corrected chi connectivity index (χ1v) is 6.58. The van der Waals surface area contributed by atoms with Gasteiger partial charge in [0, 0.05) is 18.2 Å². The van der Waals surface area contributed by atoms with E-state index in [1.54, 1.807) is 13.8 Å². The van der Waals surface area contributed by atoms with Gasteiger partial charge in [-0.2, -0.15) is 0 Å². The van der Waals surface area contributed by atoms with Crippen LogP contribution in [-0.2, 0) is 4.79 Å². The zero-order valence-corrected chi connectivity index (χ0v) is 12.2. The van der Waals surface area contributed by atoms with Crippen LogP contribution in [0.5, 0.6) is 0 Å². The van der Waals surface area contributed by atoms with E-state index >= 15 is 0 Å². The van der Waals surface area contributed by atoms with E-state index in [-0.39, 0.29) is 30.4 Å². The standard InChI is InChI=1S/C14H21N3O3/c1-9(2)12(18)15-7-5-6-11-8-17(10(3)4)14(20)16-13(11)19/h8-10,13,19H,7H2,1-4H3,(H,15,18)(H,16,20). The van der Waals surface area contributed by atoms with E-state index in [9.17, 15) is 14.7 Å². The predicted molar refractivity (Wildman–Crippen MR) is 75.2 cm³/mol. The third kappa shape index (κ3) is 4.28. The van der Waals surface area contributed by atoms with Gasteiger partial charge in [0.25, 0.3) is 0 Å². The fourth-order valence-corrected chi connectivity index (χ4v) is 1.51. The summed E-state index contributed by atoms with van der Waals surface area (Å²) in [5.74, 6) is 5.35. The molecule has 0 fully saturated rings. The maximum absolute atomic E-state index is 11.6. The van der Waals surface area contributed by atoms with Gasteiger partial charge >= 0.3 is 6.03 Å². The van der Waals surface area contributed by atoms with Crippen LogP contribution in [0.2, 0.25) is 0 Å². The van der Waals surface area contributed by atoms with Crippen LogP contribution in [0.4, 0.5) is 4.79 Å². The molecule has 0 spiro atoms. The third-order valence-electron chi connectivity index (χ3n) is 2.73. The van der Waals surface area contributed by atoms with Gasteiger partial charge in [-0.15, -0.1) is 0 Å². The normalized spacial score (nSPS) is 18.4. The minimum atomic E-state index is -1.11. The molecule has 6 nitrogen and oxygen atoms in total. The molecule has 6 heteroatoms. The lowest BCUT2D eigenvalue weighted by atomic mass is 10.2. The molecule has 1 unspecified atom stereocenters. The van der Waals surface area contributed by atoms with Gasteiger partial charge in [-0.1, -0.05) is 25.7 Å². The van der Waals surface area contributed by atoms with E-state index in [1.165, 1.54) is 11.1 Å². The zero-order chi connectivity index (χ0) is 15.3. The van der Waals surface area contributed by atoms with Crippen molar-refractivity contribution in [1.29, 1.82) is 0 Å². The van der Waals surface area contributed by atoms with Crippen LogP contribution in [0.15, 0.2) is 11.8 Å². The van der Waals surface area contributed by atoms with Crippen LogP contribution < -0.4 is 10.6 Å².